The number of benzene rings is 2. The molecule has 184 valence electrons. The number of aryl methyl sites for hydroxylation is 1. The number of rotatable bonds is 6. The monoisotopic (exact) mass is 513 g/mol. The molecule has 0 saturated carbocycles. The van der Waals surface area contributed by atoms with Gasteiger partial charge >= 0.3 is 12.1 Å². The lowest BCUT2D eigenvalue weighted by molar-refractivity contribution is -0.141. The van der Waals surface area contributed by atoms with Crippen LogP contribution in [0.3, 0.4) is 0 Å². The molecule has 3 aromatic rings. The lowest BCUT2D eigenvalue weighted by Crippen LogP contribution is -2.27. The van der Waals surface area contributed by atoms with E-state index < -0.39 is 57.9 Å². The summed E-state index contributed by atoms with van der Waals surface area (Å²) in [5.41, 5.74) is -2.25. The molecule has 0 aliphatic heterocycles. The van der Waals surface area contributed by atoms with Gasteiger partial charge in [-0.3, -0.25) is 14.4 Å². The van der Waals surface area contributed by atoms with Crippen LogP contribution in [0.4, 0.5) is 23.2 Å². The van der Waals surface area contributed by atoms with Gasteiger partial charge in [-0.1, -0.05) is 11.6 Å². The highest BCUT2D eigenvalue weighted by molar-refractivity contribution is 6.32. The zero-order chi connectivity index (χ0) is 25.9. The van der Waals surface area contributed by atoms with E-state index in [1.165, 1.54) is 13.0 Å². The fourth-order valence-electron chi connectivity index (χ4n) is 2.88. The molecule has 13 heteroatoms. The lowest BCUT2D eigenvalue weighted by atomic mass is 10.1. The largest absolute Gasteiger partial charge is 0.468 e. The summed E-state index contributed by atoms with van der Waals surface area (Å²) >= 11 is 5.78. The Balaban J connectivity index is 1.98. The molecule has 2 aromatic carbocycles. The minimum absolute atomic E-state index is 0.00275. The highest BCUT2D eigenvalue weighted by Gasteiger charge is 2.35. The van der Waals surface area contributed by atoms with Crippen molar-refractivity contribution in [2.45, 2.75) is 19.6 Å². The Labute approximate surface area is 200 Å². The topological polar surface area (TPSA) is 99.5 Å². The second kappa shape index (κ2) is 10.1. The van der Waals surface area contributed by atoms with Crippen molar-refractivity contribution in [2.75, 3.05) is 12.4 Å². The Morgan fingerprint density at radius 3 is 2.46 bits per heavy atom. The molecule has 0 fully saturated rings. The third-order valence-corrected chi connectivity index (χ3v) is 4.92. The van der Waals surface area contributed by atoms with Crippen LogP contribution in [0.25, 0.3) is 0 Å². The first kappa shape index (κ1) is 25.7. The van der Waals surface area contributed by atoms with Crippen molar-refractivity contribution in [3.63, 3.8) is 0 Å². The normalized spacial score (nSPS) is 11.2. The molecule has 8 nitrogen and oxygen atoms in total. The third-order valence-electron chi connectivity index (χ3n) is 4.61. The number of esters is 1. The Morgan fingerprint density at radius 2 is 1.86 bits per heavy atom. The van der Waals surface area contributed by atoms with E-state index in [4.69, 9.17) is 16.3 Å². The highest BCUT2D eigenvalue weighted by Crippen LogP contribution is 2.40. The van der Waals surface area contributed by atoms with Gasteiger partial charge in [0.2, 0.25) is 0 Å². The van der Waals surface area contributed by atoms with Crippen molar-refractivity contribution >= 4 is 29.2 Å². The average Bonchev–Trinajstić information content (AvgIpc) is 2.77. The smallest absolute Gasteiger partial charge is 0.417 e. The Bertz CT molecular complexity index is 1360. The fraction of sp³-hybridized carbons (Fsp3) is 0.182. The standard InChI is InChI=1S/C22H16ClF4N3O5/c1-11-5-12(24)3-4-17(11)35-18-8-15(22(25,26)27)16(23)7-14(18)21(33)29-13-6-19(31)30(28-9-13)10-20(32)34-2/h3-9H,10H2,1-2H3,(H,29,33). The number of nitrogens with one attached hydrogen (secondary N) is 1. The highest BCUT2D eigenvalue weighted by atomic mass is 35.5. The van der Waals surface area contributed by atoms with Crippen LogP contribution in [0, 0.1) is 12.7 Å². The van der Waals surface area contributed by atoms with Crippen LogP contribution in [0.2, 0.25) is 5.02 Å². The molecule has 0 aliphatic carbocycles. The van der Waals surface area contributed by atoms with Gasteiger partial charge in [0.05, 0.1) is 35.1 Å². The number of methoxy groups -OCH3 is 1. The Kier molecular flexibility index (Phi) is 7.44. The van der Waals surface area contributed by atoms with E-state index in [0.29, 0.717) is 6.07 Å². The lowest BCUT2D eigenvalue weighted by Gasteiger charge is -2.17. The minimum atomic E-state index is -4.85. The molecule has 0 unspecified atom stereocenters. The zero-order valence-electron chi connectivity index (χ0n) is 18.1. The van der Waals surface area contributed by atoms with Crippen LogP contribution in [0.5, 0.6) is 11.5 Å². The van der Waals surface area contributed by atoms with Gasteiger partial charge in [0.1, 0.15) is 23.9 Å². The maximum atomic E-state index is 13.4. The first-order chi connectivity index (χ1) is 16.4. The summed E-state index contributed by atoms with van der Waals surface area (Å²) in [7, 11) is 1.13. The summed E-state index contributed by atoms with van der Waals surface area (Å²) in [6, 6.07) is 5.60. The van der Waals surface area contributed by atoms with Crippen molar-refractivity contribution in [2.24, 2.45) is 0 Å². The second-order valence-electron chi connectivity index (χ2n) is 7.11. The molecular weight excluding hydrogens is 498 g/mol. The van der Waals surface area contributed by atoms with Crippen LogP contribution in [0.15, 0.2) is 47.4 Å². The number of aromatic nitrogens is 2. The summed E-state index contributed by atoms with van der Waals surface area (Å²) in [6.07, 6.45) is -3.80. The Morgan fingerprint density at radius 1 is 1.14 bits per heavy atom. The van der Waals surface area contributed by atoms with Crippen molar-refractivity contribution in [1.82, 2.24) is 9.78 Å². The predicted molar refractivity (Wildman–Crippen MR) is 116 cm³/mol. The van der Waals surface area contributed by atoms with Crippen molar-refractivity contribution < 1.29 is 36.6 Å². The van der Waals surface area contributed by atoms with Gasteiger partial charge in [0, 0.05) is 6.07 Å². The maximum Gasteiger partial charge on any atom is 0.417 e. The number of anilines is 1. The van der Waals surface area contributed by atoms with Crippen molar-refractivity contribution in [3.05, 3.63) is 80.5 Å². The van der Waals surface area contributed by atoms with E-state index in [1.54, 1.807) is 0 Å². The van der Waals surface area contributed by atoms with Crippen LogP contribution in [-0.4, -0.2) is 28.8 Å². The van der Waals surface area contributed by atoms with Gasteiger partial charge in [0.15, 0.2) is 0 Å². The molecule has 35 heavy (non-hydrogen) atoms. The molecule has 3 rings (SSSR count). The molecule has 0 spiro atoms. The summed E-state index contributed by atoms with van der Waals surface area (Å²) in [4.78, 5) is 36.3. The van der Waals surface area contributed by atoms with Crippen molar-refractivity contribution in [1.29, 1.82) is 0 Å². The predicted octanol–water partition coefficient (Wildman–Crippen LogP) is 4.58. The number of carbonyl (C=O) groups is 2. The van der Waals surface area contributed by atoms with E-state index in [0.717, 1.165) is 42.3 Å². The zero-order valence-corrected chi connectivity index (χ0v) is 18.8. The number of hydrogen-bond donors (Lipinski definition) is 1. The summed E-state index contributed by atoms with van der Waals surface area (Å²) in [6.45, 7) is 1.00. The quantitative estimate of drug-likeness (QED) is 0.382. The molecule has 1 N–H and O–H groups in total. The van der Waals surface area contributed by atoms with Gasteiger partial charge in [-0.25, -0.2) is 9.07 Å². The number of halogens is 5. The first-order valence-electron chi connectivity index (χ1n) is 9.69. The number of alkyl halides is 3. The van der Waals surface area contributed by atoms with Gasteiger partial charge in [-0.05, 0) is 42.8 Å². The van der Waals surface area contributed by atoms with Gasteiger partial charge in [-0.2, -0.15) is 18.3 Å². The van der Waals surface area contributed by atoms with Gasteiger partial charge < -0.3 is 14.8 Å². The van der Waals surface area contributed by atoms with Crippen LogP contribution < -0.4 is 15.6 Å². The molecule has 0 radical (unpaired) electrons. The third kappa shape index (κ3) is 6.15. The minimum Gasteiger partial charge on any atom is -0.468 e. The summed E-state index contributed by atoms with van der Waals surface area (Å²) < 4.78 is 64.4. The number of nitrogens with zero attached hydrogens (tertiary/aromatic N) is 2. The molecule has 1 amide bonds. The van der Waals surface area contributed by atoms with E-state index in [2.05, 4.69) is 15.2 Å². The van der Waals surface area contributed by atoms with Crippen LogP contribution in [0.1, 0.15) is 21.5 Å². The SMILES string of the molecule is COC(=O)Cn1ncc(NC(=O)c2cc(Cl)c(C(F)(F)F)cc2Oc2ccc(F)cc2C)cc1=O. The van der Waals surface area contributed by atoms with Gasteiger partial charge in [-0.15, -0.1) is 0 Å². The van der Waals surface area contributed by atoms with E-state index in [9.17, 15) is 31.9 Å². The first-order valence-corrected chi connectivity index (χ1v) is 10.1. The fourth-order valence-corrected chi connectivity index (χ4v) is 3.16. The van der Waals surface area contributed by atoms with E-state index in [1.807, 2.05) is 0 Å². The number of ether oxygens (including phenoxy) is 2. The van der Waals surface area contributed by atoms with Gasteiger partial charge in [0.25, 0.3) is 11.5 Å². The number of amides is 1. The molecule has 0 bridgehead atoms. The Hall–Kier alpha value is -3.93. The van der Waals surface area contributed by atoms with E-state index in [-0.39, 0.29) is 17.0 Å². The maximum absolute atomic E-state index is 13.4. The summed E-state index contributed by atoms with van der Waals surface area (Å²) in [5.74, 6) is -2.80. The van der Waals surface area contributed by atoms with Crippen molar-refractivity contribution in [3.8, 4) is 11.5 Å². The molecule has 1 heterocycles. The average molecular weight is 514 g/mol. The molecule has 0 atom stereocenters. The molecule has 1 aromatic heterocycles. The number of hydrogen-bond acceptors (Lipinski definition) is 6. The molecule has 0 saturated heterocycles. The summed E-state index contributed by atoms with van der Waals surface area (Å²) in [5, 5.41) is 5.29. The van der Waals surface area contributed by atoms with E-state index >= 15 is 0 Å². The second-order valence-corrected chi connectivity index (χ2v) is 7.52. The number of carbonyl (C=O) groups excluding carboxylic acids is 2. The van der Waals surface area contributed by atoms with Crippen LogP contribution in [-0.2, 0) is 22.3 Å². The molecule has 0 aliphatic rings. The van der Waals surface area contributed by atoms with Crippen LogP contribution >= 0.6 is 11.6 Å². The molecular formula is C22H16ClF4N3O5.